The Bertz CT molecular complexity index is 624. The van der Waals surface area contributed by atoms with Crippen LogP contribution in [0.2, 0.25) is 0 Å². The van der Waals surface area contributed by atoms with Crippen LogP contribution >= 0.6 is 0 Å². The number of carbonyl (C=O) groups is 1. The van der Waals surface area contributed by atoms with Crippen molar-refractivity contribution >= 4 is 11.6 Å². The fourth-order valence-corrected chi connectivity index (χ4v) is 2.02. The summed E-state index contributed by atoms with van der Waals surface area (Å²) in [6, 6.07) is 1.87. The smallest absolute Gasteiger partial charge is 0.254 e. The van der Waals surface area contributed by atoms with E-state index in [1.807, 2.05) is 19.9 Å². The van der Waals surface area contributed by atoms with Crippen LogP contribution in [0.15, 0.2) is 12.3 Å². The maximum absolute atomic E-state index is 12.1. The SMILES string of the molecule is Cc1cc2ncc(C(=O)NCCCOCCO)c(C)n2n1. The second-order valence-corrected chi connectivity index (χ2v) is 4.76. The number of nitrogens with one attached hydrogen (secondary N) is 1. The van der Waals surface area contributed by atoms with Crippen molar-refractivity contribution in [2.75, 3.05) is 26.4 Å². The second-order valence-electron chi connectivity index (χ2n) is 4.76. The monoisotopic (exact) mass is 292 g/mol. The molecule has 114 valence electrons. The predicted octanol–water partition coefficient (Wildman–Crippen LogP) is 0.475. The minimum Gasteiger partial charge on any atom is -0.394 e. The van der Waals surface area contributed by atoms with Crippen molar-refractivity contribution in [3.63, 3.8) is 0 Å². The maximum Gasteiger partial charge on any atom is 0.254 e. The molecule has 0 aromatic carbocycles. The first kappa shape index (κ1) is 15.4. The van der Waals surface area contributed by atoms with E-state index in [1.165, 1.54) is 0 Å². The van der Waals surface area contributed by atoms with E-state index in [0.717, 1.165) is 17.0 Å². The van der Waals surface area contributed by atoms with E-state index in [1.54, 1.807) is 10.7 Å². The molecule has 0 radical (unpaired) electrons. The number of fused-ring (bicyclic) bond motifs is 1. The number of nitrogens with zero attached hydrogens (tertiary/aromatic N) is 3. The summed E-state index contributed by atoms with van der Waals surface area (Å²) >= 11 is 0. The first-order chi connectivity index (χ1) is 10.1. The van der Waals surface area contributed by atoms with Gasteiger partial charge in [-0.15, -0.1) is 0 Å². The summed E-state index contributed by atoms with van der Waals surface area (Å²) in [6.45, 7) is 5.10. The number of rotatable bonds is 7. The van der Waals surface area contributed by atoms with E-state index >= 15 is 0 Å². The molecule has 2 aromatic rings. The topological polar surface area (TPSA) is 88.8 Å². The van der Waals surface area contributed by atoms with Gasteiger partial charge in [0.1, 0.15) is 0 Å². The molecule has 0 aliphatic heterocycles. The number of aromatic nitrogens is 3. The predicted molar refractivity (Wildman–Crippen MR) is 77.3 cm³/mol. The van der Waals surface area contributed by atoms with Gasteiger partial charge in [0.2, 0.25) is 0 Å². The number of aryl methyl sites for hydroxylation is 2. The third kappa shape index (κ3) is 3.77. The van der Waals surface area contributed by atoms with Crippen LogP contribution < -0.4 is 5.32 Å². The zero-order valence-corrected chi connectivity index (χ0v) is 12.3. The Morgan fingerprint density at radius 2 is 2.24 bits per heavy atom. The number of carbonyl (C=O) groups excluding carboxylic acids is 1. The summed E-state index contributed by atoms with van der Waals surface area (Å²) in [5.74, 6) is -0.169. The van der Waals surface area contributed by atoms with Gasteiger partial charge in [0, 0.05) is 25.4 Å². The minimum atomic E-state index is -0.169. The van der Waals surface area contributed by atoms with Crippen molar-refractivity contribution in [2.24, 2.45) is 0 Å². The molecule has 2 N–H and O–H groups in total. The highest BCUT2D eigenvalue weighted by Crippen LogP contribution is 2.10. The Morgan fingerprint density at radius 3 is 3.00 bits per heavy atom. The number of ether oxygens (including phenoxy) is 1. The summed E-state index contributed by atoms with van der Waals surface area (Å²) in [5, 5.41) is 15.7. The molecule has 7 heteroatoms. The van der Waals surface area contributed by atoms with Crippen molar-refractivity contribution in [3.05, 3.63) is 29.2 Å². The molecule has 0 aliphatic rings. The Kier molecular flexibility index (Phi) is 5.24. The second kappa shape index (κ2) is 7.14. The normalized spacial score (nSPS) is 11.0. The van der Waals surface area contributed by atoms with Gasteiger partial charge in [-0.05, 0) is 20.3 Å². The molecule has 7 nitrogen and oxygen atoms in total. The number of amides is 1. The average Bonchev–Trinajstić information content (AvgIpc) is 2.84. The third-order valence-electron chi connectivity index (χ3n) is 3.08. The highest BCUT2D eigenvalue weighted by molar-refractivity contribution is 5.95. The highest BCUT2D eigenvalue weighted by atomic mass is 16.5. The Morgan fingerprint density at radius 1 is 1.43 bits per heavy atom. The zero-order valence-electron chi connectivity index (χ0n) is 12.3. The maximum atomic E-state index is 12.1. The van der Waals surface area contributed by atoms with E-state index in [0.29, 0.717) is 31.7 Å². The Labute approximate surface area is 122 Å². The molecule has 0 spiro atoms. The molecule has 2 heterocycles. The lowest BCUT2D eigenvalue weighted by Gasteiger charge is -2.08. The molecule has 0 unspecified atom stereocenters. The van der Waals surface area contributed by atoms with Crippen molar-refractivity contribution < 1.29 is 14.6 Å². The summed E-state index contributed by atoms with van der Waals surface area (Å²) in [6.07, 6.45) is 2.27. The van der Waals surface area contributed by atoms with E-state index in [4.69, 9.17) is 9.84 Å². The number of hydrogen-bond donors (Lipinski definition) is 2. The van der Waals surface area contributed by atoms with Gasteiger partial charge < -0.3 is 15.2 Å². The van der Waals surface area contributed by atoms with Crippen molar-refractivity contribution in [3.8, 4) is 0 Å². The van der Waals surface area contributed by atoms with Gasteiger partial charge in [0.25, 0.3) is 5.91 Å². The summed E-state index contributed by atoms with van der Waals surface area (Å²) in [7, 11) is 0. The van der Waals surface area contributed by atoms with E-state index in [-0.39, 0.29) is 12.5 Å². The highest BCUT2D eigenvalue weighted by Gasteiger charge is 2.13. The van der Waals surface area contributed by atoms with Crippen LogP contribution in [0, 0.1) is 13.8 Å². The fraction of sp³-hybridized carbons (Fsp3) is 0.500. The molecule has 2 rings (SSSR count). The van der Waals surface area contributed by atoms with Gasteiger partial charge in [-0.25, -0.2) is 9.50 Å². The standard InChI is InChI=1S/C14H20N4O3/c1-10-8-13-16-9-12(11(2)18(13)17-10)14(20)15-4-3-6-21-7-5-19/h8-9,19H,3-7H2,1-2H3,(H,15,20). The molecule has 1 amide bonds. The van der Waals surface area contributed by atoms with Crippen LogP contribution in [0.5, 0.6) is 0 Å². The molecule has 2 aromatic heterocycles. The van der Waals surface area contributed by atoms with Crippen molar-refractivity contribution in [2.45, 2.75) is 20.3 Å². The van der Waals surface area contributed by atoms with Crippen LogP contribution in [0.3, 0.4) is 0 Å². The molecular formula is C14H20N4O3. The van der Waals surface area contributed by atoms with Gasteiger partial charge in [0.05, 0.1) is 30.2 Å². The molecular weight excluding hydrogens is 272 g/mol. The molecule has 0 bridgehead atoms. The van der Waals surface area contributed by atoms with Crippen LogP contribution in [0.1, 0.15) is 28.2 Å². The van der Waals surface area contributed by atoms with E-state index in [9.17, 15) is 4.79 Å². The number of hydrogen-bond acceptors (Lipinski definition) is 5. The largest absolute Gasteiger partial charge is 0.394 e. The molecule has 0 aliphatic carbocycles. The van der Waals surface area contributed by atoms with Gasteiger partial charge >= 0.3 is 0 Å². The van der Waals surface area contributed by atoms with Crippen LogP contribution in [-0.2, 0) is 4.74 Å². The van der Waals surface area contributed by atoms with Crippen LogP contribution in [0.4, 0.5) is 0 Å². The quantitative estimate of drug-likeness (QED) is 0.724. The van der Waals surface area contributed by atoms with Crippen LogP contribution in [0.25, 0.3) is 5.65 Å². The lowest BCUT2D eigenvalue weighted by molar-refractivity contribution is 0.0867. The van der Waals surface area contributed by atoms with Crippen molar-refractivity contribution in [1.29, 1.82) is 0 Å². The first-order valence-electron chi connectivity index (χ1n) is 6.92. The summed E-state index contributed by atoms with van der Waals surface area (Å²) < 4.78 is 6.80. The molecule has 0 saturated carbocycles. The molecule has 0 saturated heterocycles. The third-order valence-corrected chi connectivity index (χ3v) is 3.08. The van der Waals surface area contributed by atoms with Gasteiger partial charge in [-0.3, -0.25) is 4.79 Å². The Hall–Kier alpha value is -1.99. The van der Waals surface area contributed by atoms with Gasteiger partial charge in [0.15, 0.2) is 5.65 Å². The molecule has 21 heavy (non-hydrogen) atoms. The van der Waals surface area contributed by atoms with Crippen LogP contribution in [-0.4, -0.2) is 52.0 Å². The lowest BCUT2D eigenvalue weighted by Crippen LogP contribution is -2.27. The molecule has 0 fully saturated rings. The summed E-state index contributed by atoms with van der Waals surface area (Å²) in [4.78, 5) is 16.4. The van der Waals surface area contributed by atoms with E-state index in [2.05, 4.69) is 15.4 Å². The molecule has 0 atom stereocenters. The lowest BCUT2D eigenvalue weighted by atomic mass is 10.2. The minimum absolute atomic E-state index is 0.0144. The fourth-order valence-electron chi connectivity index (χ4n) is 2.02. The van der Waals surface area contributed by atoms with Gasteiger partial charge in [-0.2, -0.15) is 5.10 Å². The number of aliphatic hydroxyl groups excluding tert-OH is 1. The van der Waals surface area contributed by atoms with Gasteiger partial charge in [-0.1, -0.05) is 0 Å². The Balaban J connectivity index is 1.95. The van der Waals surface area contributed by atoms with Crippen molar-refractivity contribution in [1.82, 2.24) is 19.9 Å². The summed E-state index contributed by atoms with van der Waals surface area (Å²) in [5.41, 5.74) is 2.88. The van der Waals surface area contributed by atoms with E-state index < -0.39 is 0 Å². The average molecular weight is 292 g/mol. The zero-order chi connectivity index (χ0) is 15.2. The number of aliphatic hydroxyl groups is 1. The first-order valence-corrected chi connectivity index (χ1v) is 6.92.